The van der Waals surface area contributed by atoms with E-state index in [0.717, 1.165) is 4.47 Å². The van der Waals surface area contributed by atoms with Crippen molar-refractivity contribution in [2.45, 2.75) is 51.8 Å². The summed E-state index contributed by atoms with van der Waals surface area (Å²) < 4.78 is 6.12. The van der Waals surface area contributed by atoms with Crippen molar-refractivity contribution in [1.29, 1.82) is 0 Å². The van der Waals surface area contributed by atoms with Crippen molar-refractivity contribution in [2.75, 3.05) is 18.4 Å². The van der Waals surface area contributed by atoms with E-state index in [4.69, 9.17) is 4.74 Å². The van der Waals surface area contributed by atoms with Crippen LogP contribution in [0.3, 0.4) is 0 Å². The molecule has 1 aliphatic rings. The first kappa shape index (κ1) is 23.7. The maximum Gasteiger partial charge on any atom is 0.408 e. The molecule has 3 N–H and O–H groups in total. The average Bonchev–Trinajstić information content (AvgIpc) is 2.63. The molecule has 0 spiro atoms. The molecular weight excluding hydrogens is 456 g/mol. The second-order valence-electron chi connectivity index (χ2n) is 8.05. The molecule has 0 radical (unpaired) electrons. The van der Waals surface area contributed by atoms with Gasteiger partial charge in [0.25, 0.3) is 0 Å². The summed E-state index contributed by atoms with van der Waals surface area (Å²) >= 11 is 3.30. The molecule has 30 heavy (non-hydrogen) atoms. The molecule has 1 aliphatic heterocycles. The van der Waals surface area contributed by atoms with E-state index in [1.807, 2.05) is 0 Å². The number of nitrogens with one attached hydrogen (secondary N) is 3. The minimum atomic E-state index is -0.824. The van der Waals surface area contributed by atoms with Gasteiger partial charge in [-0.1, -0.05) is 15.9 Å². The van der Waals surface area contributed by atoms with E-state index < -0.39 is 35.6 Å². The number of hydrogen-bond donors (Lipinski definition) is 3. The third kappa shape index (κ3) is 7.33. The fourth-order valence-corrected chi connectivity index (χ4v) is 3.24. The Bertz CT molecular complexity index is 806. The van der Waals surface area contributed by atoms with E-state index in [2.05, 4.69) is 31.9 Å². The van der Waals surface area contributed by atoms with Crippen molar-refractivity contribution < 1.29 is 23.9 Å². The summed E-state index contributed by atoms with van der Waals surface area (Å²) in [6, 6.07) is 5.68. The van der Waals surface area contributed by atoms with Gasteiger partial charge in [-0.25, -0.2) is 4.79 Å². The fourth-order valence-electron chi connectivity index (χ4n) is 2.97. The summed E-state index contributed by atoms with van der Waals surface area (Å²) in [6.45, 7) is 7.26. The van der Waals surface area contributed by atoms with Crippen molar-refractivity contribution >= 4 is 45.4 Å². The van der Waals surface area contributed by atoms with Crippen LogP contribution in [0.4, 0.5) is 10.5 Å². The van der Waals surface area contributed by atoms with Crippen LogP contribution in [0.2, 0.25) is 0 Å². The van der Waals surface area contributed by atoms with Crippen LogP contribution in [0.15, 0.2) is 28.7 Å². The maximum atomic E-state index is 12.4. The van der Waals surface area contributed by atoms with Crippen molar-refractivity contribution in [3.8, 4) is 0 Å². The van der Waals surface area contributed by atoms with Crippen molar-refractivity contribution in [2.24, 2.45) is 0 Å². The van der Waals surface area contributed by atoms with Crippen LogP contribution >= 0.6 is 15.9 Å². The Morgan fingerprint density at radius 2 is 1.67 bits per heavy atom. The Kier molecular flexibility index (Phi) is 7.83. The van der Waals surface area contributed by atoms with Gasteiger partial charge in [0.1, 0.15) is 5.60 Å². The molecule has 2 atom stereocenters. The zero-order valence-corrected chi connectivity index (χ0v) is 19.0. The molecule has 0 aromatic heterocycles. The first-order valence-corrected chi connectivity index (χ1v) is 10.4. The topological polar surface area (TPSA) is 117 Å². The Morgan fingerprint density at radius 3 is 2.23 bits per heavy atom. The first-order chi connectivity index (χ1) is 13.9. The highest BCUT2D eigenvalue weighted by Gasteiger charge is 2.34. The number of rotatable bonds is 3. The van der Waals surface area contributed by atoms with Gasteiger partial charge in [-0.05, 0) is 51.5 Å². The number of alkyl carbamates (subject to hydrolysis) is 1. The predicted molar refractivity (Wildman–Crippen MR) is 115 cm³/mol. The Morgan fingerprint density at radius 1 is 1.03 bits per heavy atom. The summed E-state index contributed by atoms with van der Waals surface area (Å²) in [6.07, 6.45) is -0.270. The molecule has 1 saturated heterocycles. The number of amides is 4. The van der Waals surface area contributed by atoms with Crippen LogP contribution in [-0.2, 0) is 19.1 Å². The summed E-state index contributed by atoms with van der Waals surface area (Å²) in [4.78, 5) is 50.2. The van der Waals surface area contributed by atoms with E-state index in [9.17, 15) is 19.2 Å². The van der Waals surface area contributed by atoms with Crippen LogP contribution in [0, 0.1) is 0 Å². The maximum absolute atomic E-state index is 12.4. The lowest BCUT2D eigenvalue weighted by Gasteiger charge is -2.38. The van der Waals surface area contributed by atoms with Crippen LogP contribution in [-0.4, -0.2) is 59.5 Å². The minimum Gasteiger partial charge on any atom is -0.444 e. The first-order valence-electron chi connectivity index (χ1n) is 9.57. The van der Waals surface area contributed by atoms with Crippen LogP contribution in [0.5, 0.6) is 0 Å². The quantitative estimate of drug-likeness (QED) is 0.569. The zero-order chi connectivity index (χ0) is 22.5. The number of halogens is 1. The Balaban J connectivity index is 2.02. The Hall–Kier alpha value is -2.62. The highest BCUT2D eigenvalue weighted by atomic mass is 79.9. The molecule has 2 rings (SSSR count). The van der Waals surface area contributed by atoms with E-state index in [1.165, 1.54) is 6.92 Å². The standard InChI is InChI=1S/C20H27BrN4O5/c1-12(26)25-10-9-15(16(11-25)24-19(29)30-20(2,3)4)23-18(28)17(27)22-14-7-5-13(21)6-8-14/h5-8,15-16H,9-11H2,1-4H3,(H,22,27)(H,23,28)(H,24,29)/t15-,16+/m0/s1. The lowest BCUT2D eigenvalue weighted by molar-refractivity contribution is -0.137. The average molecular weight is 483 g/mol. The van der Waals surface area contributed by atoms with Gasteiger partial charge < -0.3 is 25.6 Å². The normalized spacial score (nSPS) is 18.9. The van der Waals surface area contributed by atoms with E-state index in [0.29, 0.717) is 18.7 Å². The third-order valence-corrected chi connectivity index (χ3v) is 4.91. The van der Waals surface area contributed by atoms with Gasteiger partial charge in [0.15, 0.2) is 0 Å². The van der Waals surface area contributed by atoms with Gasteiger partial charge in [0.2, 0.25) is 5.91 Å². The highest BCUT2D eigenvalue weighted by Crippen LogP contribution is 2.15. The number of nitrogens with zero attached hydrogens (tertiary/aromatic N) is 1. The molecule has 4 amide bonds. The monoisotopic (exact) mass is 482 g/mol. The summed E-state index contributed by atoms with van der Waals surface area (Å²) in [5.41, 5.74) is -0.212. The molecule has 0 aliphatic carbocycles. The van der Waals surface area contributed by atoms with Crippen molar-refractivity contribution in [3.63, 3.8) is 0 Å². The zero-order valence-electron chi connectivity index (χ0n) is 17.5. The second-order valence-corrected chi connectivity index (χ2v) is 8.96. The summed E-state index contributed by atoms with van der Waals surface area (Å²) in [5, 5.41) is 7.89. The fraction of sp³-hybridized carbons (Fsp3) is 0.500. The molecule has 1 aromatic rings. The molecule has 1 heterocycles. The van der Waals surface area contributed by atoms with Gasteiger partial charge in [-0.3, -0.25) is 14.4 Å². The van der Waals surface area contributed by atoms with E-state index in [1.54, 1.807) is 49.9 Å². The van der Waals surface area contributed by atoms with Crippen molar-refractivity contribution in [3.05, 3.63) is 28.7 Å². The number of benzene rings is 1. The molecule has 1 aromatic carbocycles. The SMILES string of the molecule is CC(=O)N1CC[C@H](NC(=O)C(=O)Nc2ccc(Br)cc2)[C@H](NC(=O)OC(C)(C)C)C1. The summed E-state index contributed by atoms with van der Waals surface area (Å²) in [5.74, 6) is -1.78. The van der Waals surface area contributed by atoms with Gasteiger partial charge in [0.05, 0.1) is 12.1 Å². The van der Waals surface area contributed by atoms with Crippen LogP contribution in [0.1, 0.15) is 34.1 Å². The van der Waals surface area contributed by atoms with Gasteiger partial charge in [-0.2, -0.15) is 0 Å². The van der Waals surface area contributed by atoms with Crippen LogP contribution in [0.25, 0.3) is 0 Å². The number of likely N-dealkylation sites (tertiary alicyclic amines) is 1. The van der Waals surface area contributed by atoms with Gasteiger partial charge in [0, 0.05) is 30.2 Å². The van der Waals surface area contributed by atoms with Gasteiger partial charge in [-0.15, -0.1) is 0 Å². The number of carbonyl (C=O) groups excluding carboxylic acids is 4. The Labute approximate surface area is 184 Å². The number of carbonyl (C=O) groups is 4. The van der Waals surface area contributed by atoms with Gasteiger partial charge >= 0.3 is 17.9 Å². The third-order valence-electron chi connectivity index (χ3n) is 4.39. The lowest BCUT2D eigenvalue weighted by Crippen LogP contribution is -2.62. The molecule has 1 fully saturated rings. The predicted octanol–water partition coefficient (Wildman–Crippen LogP) is 2.02. The van der Waals surface area contributed by atoms with Crippen molar-refractivity contribution in [1.82, 2.24) is 15.5 Å². The number of piperidine rings is 1. The number of anilines is 1. The molecule has 0 unspecified atom stereocenters. The molecule has 0 saturated carbocycles. The number of ether oxygens (including phenoxy) is 1. The number of hydrogen-bond acceptors (Lipinski definition) is 5. The van der Waals surface area contributed by atoms with E-state index in [-0.39, 0.29) is 12.5 Å². The largest absolute Gasteiger partial charge is 0.444 e. The lowest BCUT2D eigenvalue weighted by atomic mass is 9.99. The molecular formula is C20H27BrN4O5. The molecule has 10 heteroatoms. The van der Waals surface area contributed by atoms with E-state index >= 15 is 0 Å². The summed E-state index contributed by atoms with van der Waals surface area (Å²) in [7, 11) is 0. The molecule has 164 valence electrons. The minimum absolute atomic E-state index is 0.135. The van der Waals surface area contributed by atoms with Crippen LogP contribution < -0.4 is 16.0 Å². The second kappa shape index (κ2) is 9.92. The smallest absolute Gasteiger partial charge is 0.408 e. The molecule has 9 nitrogen and oxygen atoms in total. The molecule has 0 bridgehead atoms. The highest BCUT2D eigenvalue weighted by molar-refractivity contribution is 9.10.